The average molecular weight is 276 g/mol. The molecule has 102 valence electrons. The maximum Gasteiger partial charge on any atom is 0.0406 e. The fraction of sp³-hybridized carbons (Fsp3) is 0.529. The van der Waals surface area contributed by atoms with Crippen LogP contribution in [0.5, 0.6) is 0 Å². The van der Waals surface area contributed by atoms with Gasteiger partial charge in [-0.2, -0.15) is 0 Å². The third-order valence-corrected chi connectivity index (χ3v) is 4.98. The summed E-state index contributed by atoms with van der Waals surface area (Å²) in [6.07, 6.45) is 8.75. The fourth-order valence-corrected chi connectivity index (χ4v) is 3.74. The molecule has 0 aliphatic heterocycles. The number of allylic oxidation sites excluding steroid dienone is 2. The quantitative estimate of drug-likeness (QED) is 0.775. The molecule has 2 bridgehead atoms. The molecule has 2 aliphatic carbocycles. The summed E-state index contributed by atoms with van der Waals surface area (Å²) in [4.78, 5) is 0. The summed E-state index contributed by atoms with van der Waals surface area (Å²) >= 11 is 5.95. The lowest BCUT2D eigenvalue weighted by molar-refractivity contribution is 0.381. The van der Waals surface area contributed by atoms with E-state index in [0.717, 1.165) is 35.7 Å². The molecule has 1 nitrogen and oxygen atoms in total. The fourth-order valence-electron chi connectivity index (χ4n) is 3.62. The molecule has 1 fully saturated rings. The van der Waals surface area contributed by atoms with Gasteiger partial charge in [0.1, 0.15) is 0 Å². The minimum Gasteiger partial charge on any atom is -0.310 e. The maximum absolute atomic E-state index is 5.95. The Labute approximate surface area is 121 Å². The smallest absolute Gasteiger partial charge is 0.0406 e. The standard InChI is InChI=1S/C17H22ClN/c1-2-17(13-5-7-16(18)8-6-13)19-11-15-10-12-3-4-14(15)9-12/h3-8,12,14-15,17,19H,2,9-11H2,1H3. The Morgan fingerprint density at radius 1 is 1.21 bits per heavy atom. The first kappa shape index (κ1) is 13.2. The van der Waals surface area contributed by atoms with Gasteiger partial charge in [0, 0.05) is 11.1 Å². The zero-order valence-electron chi connectivity index (χ0n) is 11.5. The lowest BCUT2D eigenvalue weighted by Crippen LogP contribution is -2.29. The van der Waals surface area contributed by atoms with E-state index in [9.17, 15) is 0 Å². The van der Waals surface area contributed by atoms with Crippen molar-refractivity contribution >= 4 is 11.6 Å². The Morgan fingerprint density at radius 2 is 2.00 bits per heavy atom. The molecule has 1 N–H and O–H groups in total. The average Bonchev–Trinajstić information content (AvgIpc) is 3.04. The monoisotopic (exact) mass is 275 g/mol. The Hall–Kier alpha value is -0.790. The predicted molar refractivity (Wildman–Crippen MR) is 81.3 cm³/mol. The van der Waals surface area contributed by atoms with Gasteiger partial charge in [-0.15, -0.1) is 0 Å². The summed E-state index contributed by atoms with van der Waals surface area (Å²) in [7, 11) is 0. The normalized spacial score (nSPS) is 29.9. The van der Waals surface area contributed by atoms with E-state index in [4.69, 9.17) is 11.6 Å². The van der Waals surface area contributed by atoms with Crippen LogP contribution in [0, 0.1) is 17.8 Å². The van der Waals surface area contributed by atoms with E-state index in [1.165, 1.54) is 18.4 Å². The molecule has 19 heavy (non-hydrogen) atoms. The number of halogens is 1. The van der Waals surface area contributed by atoms with Crippen LogP contribution in [0.25, 0.3) is 0 Å². The number of hydrogen-bond acceptors (Lipinski definition) is 1. The molecule has 3 rings (SSSR count). The lowest BCUT2D eigenvalue weighted by atomic mass is 9.93. The molecule has 1 aromatic rings. The van der Waals surface area contributed by atoms with Crippen molar-refractivity contribution < 1.29 is 0 Å². The maximum atomic E-state index is 5.95. The molecular weight excluding hydrogens is 254 g/mol. The van der Waals surface area contributed by atoms with Gasteiger partial charge in [0.15, 0.2) is 0 Å². The third kappa shape index (κ3) is 2.88. The first-order valence-electron chi connectivity index (χ1n) is 7.43. The second-order valence-corrected chi connectivity index (χ2v) is 6.40. The highest BCUT2D eigenvalue weighted by molar-refractivity contribution is 6.30. The first-order valence-corrected chi connectivity index (χ1v) is 7.81. The molecule has 0 heterocycles. The van der Waals surface area contributed by atoms with Crippen molar-refractivity contribution in [3.05, 3.63) is 47.0 Å². The van der Waals surface area contributed by atoms with E-state index in [0.29, 0.717) is 6.04 Å². The highest BCUT2D eigenvalue weighted by Gasteiger charge is 2.35. The molecule has 2 heteroatoms. The molecule has 1 saturated carbocycles. The Kier molecular flexibility index (Phi) is 3.95. The number of fused-ring (bicyclic) bond motifs is 2. The van der Waals surface area contributed by atoms with Gasteiger partial charge in [-0.25, -0.2) is 0 Å². The molecule has 0 spiro atoms. The summed E-state index contributed by atoms with van der Waals surface area (Å²) in [5.41, 5.74) is 1.35. The Bertz CT molecular complexity index is 451. The minimum absolute atomic E-state index is 0.459. The van der Waals surface area contributed by atoms with Gasteiger partial charge in [0.25, 0.3) is 0 Å². The van der Waals surface area contributed by atoms with Crippen LogP contribution >= 0.6 is 11.6 Å². The van der Waals surface area contributed by atoms with Crippen LogP contribution < -0.4 is 5.32 Å². The van der Waals surface area contributed by atoms with Gasteiger partial charge in [0.05, 0.1) is 0 Å². The molecule has 2 aliphatic rings. The number of rotatable bonds is 5. The zero-order valence-corrected chi connectivity index (χ0v) is 12.2. The molecule has 4 atom stereocenters. The Morgan fingerprint density at radius 3 is 2.58 bits per heavy atom. The number of nitrogens with one attached hydrogen (secondary N) is 1. The van der Waals surface area contributed by atoms with E-state index in [-0.39, 0.29) is 0 Å². The number of benzene rings is 1. The second kappa shape index (κ2) is 5.68. The van der Waals surface area contributed by atoms with Crippen LogP contribution in [-0.2, 0) is 0 Å². The van der Waals surface area contributed by atoms with Crippen LogP contribution in [0.4, 0.5) is 0 Å². The van der Waals surface area contributed by atoms with Crippen molar-refractivity contribution in [2.24, 2.45) is 17.8 Å². The van der Waals surface area contributed by atoms with Crippen LogP contribution in [0.1, 0.15) is 37.8 Å². The Balaban J connectivity index is 1.58. The van der Waals surface area contributed by atoms with E-state index in [1.807, 2.05) is 12.1 Å². The largest absolute Gasteiger partial charge is 0.310 e. The van der Waals surface area contributed by atoms with E-state index >= 15 is 0 Å². The van der Waals surface area contributed by atoms with Gasteiger partial charge in [-0.05, 0) is 61.3 Å². The summed E-state index contributed by atoms with van der Waals surface area (Å²) in [6.45, 7) is 3.39. The summed E-state index contributed by atoms with van der Waals surface area (Å²) in [5, 5.41) is 4.57. The zero-order chi connectivity index (χ0) is 13.2. The van der Waals surface area contributed by atoms with E-state index in [2.05, 4.69) is 36.5 Å². The minimum atomic E-state index is 0.459. The molecule has 0 amide bonds. The SMILES string of the molecule is CCC(NCC1CC2C=CC1C2)c1ccc(Cl)cc1. The topological polar surface area (TPSA) is 12.0 Å². The van der Waals surface area contributed by atoms with Crippen molar-refractivity contribution in [2.45, 2.75) is 32.2 Å². The molecule has 4 unspecified atom stereocenters. The van der Waals surface area contributed by atoms with Crippen molar-refractivity contribution in [1.29, 1.82) is 0 Å². The van der Waals surface area contributed by atoms with E-state index in [1.54, 1.807) is 0 Å². The molecular formula is C17H22ClN. The highest BCUT2D eigenvalue weighted by atomic mass is 35.5. The van der Waals surface area contributed by atoms with Crippen LogP contribution in [0.15, 0.2) is 36.4 Å². The summed E-state index contributed by atoms with van der Waals surface area (Å²) in [5.74, 6) is 2.55. The van der Waals surface area contributed by atoms with Gasteiger partial charge in [-0.3, -0.25) is 0 Å². The van der Waals surface area contributed by atoms with E-state index < -0.39 is 0 Å². The van der Waals surface area contributed by atoms with Gasteiger partial charge in [-0.1, -0.05) is 42.8 Å². The number of hydrogen-bond donors (Lipinski definition) is 1. The van der Waals surface area contributed by atoms with Crippen LogP contribution in [0.3, 0.4) is 0 Å². The third-order valence-electron chi connectivity index (χ3n) is 4.72. The molecule has 0 radical (unpaired) electrons. The van der Waals surface area contributed by atoms with Crippen molar-refractivity contribution in [1.82, 2.24) is 5.32 Å². The lowest BCUT2D eigenvalue weighted by Gasteiger charge is -2.23. The molecule has 0 saturated heterocycles. The van der Waals surface area contributed by atoms with Crippen LogP contribution in [0.2, 0.25) is 5.02 Å². The van der Waals surface area contributed by atoms with Gasteiger partial charge >= 0.3 is 0 Å². The highest BCUT2D eigenvalue weighted by Crippen LogP contribution is 2.43. The molecule has 0 aromatic heterocycles. The predicted octanol–water partition coefficient (Wildman–Crippen LogP) is 4.59. The first-order chi connectivity index (χ1) is 9.26. The van der Waals surface area contributed by atoms with Gasteiger partial charge in [0.2, 0.25) is 0 Å². The van der Waals surface area contributed by atoms with Crippen molar-refractivity contribution in [2.75, 3.05) is 6.54 Å². The van der Waals surface area contributed by atoms with Crippen molar-refractivity contribution in [3.8, 4) is 0 Å². The van der Waals surface area contributed by atoms with Gasteiger partial charge < -0.3 is 5.32 Å². The second-order valence-electron chi connectivity index (χ2n) is 5.96. The molecule has 1 aromatic carbocycles. The van der Waals surface area contributed by atoms with Crippen molar-refractivity contribution in [3.63, 3.8) is 0 Å². The summed E-state index contributed by atoms with van der Waals surface area (Å²) < 4.78 is 0. The van der Waals surface area contributed by atoms with Crippen LogP contribution in [-0.4, -0.2) is 6.54 Å². The summed E-state index contributed by atoms with van der Waals surface area (Å²) in [6, 6.07) is 8.72.